The van der Waals surface area contributed by atoms with E-state index < -0.39 is 11.7 Å². The van der Waals surface area contributed by atoms with Crippen molar-refractivity contribution in [3.8, 4) is 0 Å². The van der Waals surface area contributed by atoms with Gasteiger partial charge in [0.15, 0.2) is 0 Å². The minimum absolute atomic E-state index is 0.482. The summed E-state index contributed by atoms with van der Waals surface area (Å²) in [6.45, 7) is 4.91. The third-order valence-corrected chi connectivity index (χ3v) is 3.43. The van der Waals surface area contributed by atoms with E-state index >= 15 is 0 Å². The summed E-state index contributed by atoms with van der Waals surface area (Å²) in [6, 6.07) is 7.70. The lowest BCUT2D eigenvalue weighted by molar-refractivity contribution is 0.0393. The zero-order valence-electron chi connectivity index (χ0n) is 11.2. The normalized spacial score (nSPS) is 13.9. The Balaban J connectivity index is 2.47. The summed E-state index contributed by atoms with van der Waals surface area (Å²) in [5.41, 5.74) is 0.210. The van der Waals surface area contributed by atoms with Crippen molar-refractivity contribution >= 4 is 15.9 Å². The Kier molecular flexibility index (Phi) is 5.79. The standard InChI is InChI=1S/C14H22BrNO2/c1-14(2,18)10-16(3)9-8-13(17)11-6-4-5-7-12(11)15/h4-7,13,17-18H,8-10H2,1-3H3. The molecule has 1 unspecified atom stereocenters. The number of likely N-dealkylation sites (N-methyl/N-ethyl adjacent to an activating group) is 1. The van der Waals surface area contributed by atoms with Crippen molar-refractivity contribution in [1.82, 2.24) is 4.90 Å². The van der Waals surface area contributed by atoms with Gasteiger partial charge in [0.2, 0.25) is 0 Å². The van der Waals surface area contributed by atoms with Crippen LogP contribution in [0.25, 0.3) is 0 Å². The van der Waals surface area contributed by atoms with Crippen LogP contribution in [0.4, 0.5) is 0 Å². The van der Waals surface area contributed by atoms with Crippen LogP contribution in [-0.4, -0.2) is 40.9 Å². The molecule has 1 atom stereocenters. The Morgan fingerprint density at radius 3 is 2.50 bits per heavy atom. The van der Waals surface area contributed by atoms with Crippen LogP contribution in [0, 0.1) is 0 Å². The van der Waals surface area contributed by atoms with Gasteiger partial charge in [0.05, 0.1) is 11.7 Å². The Labute approximate surface area is 118 Å². The molecule has 1 aromatic carbocycles. The van der Waals surface area contributed by atoms with Crippen LogP contribution in [-0.2, 0) is 0 Å². The Morgan fingerprint density at radius 1 is 1.33 bits per heavy atom. The highest BCUT2D eigenvalue weighted by molar-refractivity contribution is 9.10. The number of nitrogens with zero attached hydrogens (tertiary/aromatic N) is 1. The van der Waals surface area contributed by atoms with Crippen LogP contribution in [0.5, 0.6) is 0 Å². The van der Waals surface area contributed by atoms with Crippen molar-refractivity contribution in [2.45, 2.75) is 32.0 Å². The summed E-state index contributed by atoms with van der Waals surface area (Å²) in [5, 5.41) is 19.8. The van der Waals surface area contributed by atoms with Gasteiger partial charge < -0.3 is 15.1 Å². The molecule has 2 N–H and O–H groups in total. The number of halogens is 1. The van der Waals surface area contributed by atoms with Gasteiger partial charge in [-0.15, -0.1) is 0 Å². The fourth-order valence-electron chi connectivity index (χ4n) is 1.98. The number of hydrogen-bond donors (Lipinski definition) is 2. The third kappa shape index (κ3) is 5.48. The van der Waals surface area contributed by atoms with Gasteiger partial charge in [-0.3, -0.25) is 0 Å². The lowest BCUT2D eigenvalue weighted by Gasteiger charge is -2.26. The van der Waals surface area contributed by atoms with E-state index in [4.69, 9.17) is 0 Å². The molecule has 0 fully saturated rings. The minimum Gasteiger partial charge on any atom is -0.389 e. The molecule has 1 rings (SSSR count). The lowest BCUT2D eigenvalue weighted by atomic mass is 10.1. The van der Waals surface area contributed by atoms with Gasteiger partial charge in [-0.1, -0.05) is 34.1 Å². The van der Waals surface area contributed by atoms with Crippen LogP contribution in [0.1, 0.15) is 31.9 Å². The predicted molar refractivity (Wildman–Crippen MR) is 77.5 cm³/mol. The van der Waals surface area contributed by atoms with E-state index in [1.165, 1.54) is 0 Å². The summed E-state index contributed by atoms with van der Waals surface area (Å²) < 4.78 is 0.933. The van der Waals surface area contributed by atoms with E-state index in [2.05, 4.69) is 15.9 Å². The summed E-state index contributed by atoms with van der Waals surface area (Å²) in [7, 11) is 1.95. The average Bonchev–Trinajstić information content (AvgIpc) is 2.24. The van der Waals surface area contributed by atoms with Crippen LogP contribution in [0.3, 0.4) is 0 Å². The van der Waals surface area contributed by atoms with Crippen LogP contribution < -0.4 is 0 Å². The molecule has 0 bridgehead atoms. The Bertz CT molecular complexity index is 376. The quantitative estimate of drug-likeness (QED) is 0.848. The van der Waals surface area contributed by atoms with Gasteiger partial charge in [0, 0.05) is 17.6 Å². The number of benzene rings is 1. The van der Waals surface area contributed by atoms with E-state index in [1.807, 2.05) is 36.2 Å². The maximum atomic E-state index is 10.1. The zero-order valence-corrected chi connectivity index (χ0v) is 12.8. The van der Waals surface area contributed by atoms with Crippen molar-refractivity contribution in [2.24, 2.45) is 0 Å². The molecule has 0 aliphatic carbocycles. The molecule has 0 aliphatic rings. The molecule has 0 spiro atoms. The number of hydrogen-bond acceptors (Lipinski definition) is 3. The fourth-order valence-corrected chi connectivity index (χ4v) is 2.53. The van der Waals surface area contributed by atoms with Crippen molar-refractivity contribution in [3.63, 3.8) is 0 Å². The van der Waals surface area contributed by atoms with Gasteiger partial charge in [0.1, 0.15) is 0 Å². The first-order valence-corrected chi connectivity index (χ1v) is 6.92. The van der Waals surface area contributed by atoms with Crippen LogP contribution >= 0.6 is 15.9 Å². The number of aliphatic hydroxyl groups is 2. The van der Waals surface area contributed by atoms with Gasteiger partial charge in [-0.2, -0.15) is 0 Å². The highest BCUT2D eigenvalue weighted by atomic mass is 79.9. The maximum Gasteiger partial charge on any atom is 0.0813 e. The van der Waals surface area contributed by atoms with Crippen molar-refractivity contribution < 1.29 is 10.2 Å². The summed E-state index contributed by atoms with van der Waals surface area (Å²) in [5.74, 6) is 0. The fraction of sp³-hybridized carbons (Fsp3) is 0.571. The Morgan fingerprint density at radius 2 is 1.94 bits per heavy atom. The van der Waals surface area contributed by atoms with Crippen LogP contribution in [0.2, 0.25) is 0 Å². The largest absolute Gasteiger partial charge is 0.389 e. The molecule has 1 aromatic rings. The van der Waals surface area contributed by atoms with Crippen molar-refractivity contribution in [2.75, 3.05) is 20.1 Å². The first-order valence-electron chi connectivity index (χ1n) is 6.13. The highest BCUT2D eigenvalue weighted by Gasteiger charge is 2.17. The zero-order chi connectivity index (χ0) is 13.8. The van der Waals surface area contributed by atoms with Gasteiger partial charge in [-0.05, 0) is 38.9 Å². The number of aliphatic hydroxyl groups excluding tert-OH is 1. The van der Waals surface area contributed by atoms with Gasteiger partial charge in [-0.25, -0.2) is 0 Å². The molecule has 4 heteroatoms. The molecular formula is C14H22BrNO2. The monoisotopic (exact) mass is 315 g/mol. The van der Waals surface area contributed by atoms with E-state index in [-0.39, 0.29) is 0 Å². The molecule has 0 saturated carbocycles. The molecule has 102 valence electrons. The highest BCUT2D eigenvalue weighted by Crippen LogP contribution is 2.25. The minimum atomic E-state index is -0.701. The summed E-state index contributed by atoms with van der Waals surface area (Å²) in [4.78, 5) is 2.03. The van der Waals surface area contributed by atoms with E-state index in [1.54, 1.807) is 13.8 Å². The maximum absolute atomic E-state index is 10.1. The molecule has 0 heterocycles. The first-order chi connectivity index (χ1) is 8.29. The van der Waals surface area contributed by atoms with E-state index in [9.17, 15) is 10.2 Å². The SMILES string of the molecule is CN(CCC(O)c1ccccc1Br)CC(C)(C)O. The Hall–Kier alpha value is -0.420. The topological polar surface area (TPSA) is 43.7 Å². The molecule has 0 saturated heterocycles. The van der Waals surface area contributed by atoms with E-state index in [0.29, 0.717) is 13.0 Å². The lowest BCUT2D eigenvalue weighted by Crippen LogP contribution is -2.37. The van der Waals surface area contributed by atoms with E-state index in [0.717, 1.165) is 16.6 Å². The first kappa shape index (κ1) is 15.6. The molecule has 18 heavy (non-hydrogen) atoms. The van der Waals surface area contributed by atoms with Gasteiger partial charge >= 0.3 is 0 Å². The second-order valence-corrected chi connectivity index (χ2v) is 6.23. The van der Waals surface area contributed by atoms with Crippen molar-refractivity contribution in [1.29, 1.82) is 0 Å². The van der Waals surface area contributed by atoms with Crippen molar-refractivity contribution in [3.05, 3.63) is 34.3 Å². The second-order valence-electron chi connectivity index (χ2n) is 5.38. The number of rotatable bonds is 6. The molecule has 0 amide bonds. The molecule has 0 radical (unpaired) electrons. The third-order valence-electron chi connectivity index (χ3n) is 2.71. The molecule has 3 nitrogen and oxygen atoms in total. The smallest absolute Gasteiger partial charge is 0.0813 e. The predicted octanol–water partition coefficient (Wildman–Crippen LogP) is 2.58. The molecule has 0 aliphatic heterocycles. The molecule has 0 aromatic heterocycles. The summed E-state index contributed by atoms with van der Waals surface area (Å²) >= 11 is 3.44. The molecular weight excluding hydrogens is 294 g/mol. The van der Waals surface area contributed by atoms with Crippen LogP contribution in [0.15, 0.2) is 28.7 Å². The average molecular weight is 316 g/mol. The van der Waals surface area contributed by atoms with Gasteiger partial charge in [0.25, 0.3) is 0 Å². The second kappa shape index (κ2) is 6.66. The summed E-state index contributed by atoms with van der Waals surface area (Å²) in [6.07, 6.45) is 0.166.